The van der Waals surface area contributed by atoms with Gasteiger partial charge >= 0.3 is 6.09 Å². The topological polar surface area (TPSA) is 29.5 Å². The van der Waals surface area contributed by atoms with Gasteiger partial charge < -0.3 is 4.74 Å². The standard InChI is InChI=1S/C15H21NO2/c1-10-11(2)16(14(17)18-15(3,4)5)13-9-7-6-8-12(10)13/h6-11H,1-5H3/t10-,11+/m0/s1. The Hall–Kier alpha value is -1.51. The van der Waals surface area contributed by atoms with Crippen LogP contribution in [0.2, 0.25) is 0 Å². The van der Waals surface area contributed by atoms with Crippen LogP contribution in [0, 0.1) is 0 Å². The van der Waals surface area contributed by atoms with E-state index in [4.69, 9.17) is 4.74 Å². The number of nitrogens with zero attached hydrogens (tertiary/aromatic N) is 1. The SMILES string of the molecule is C[C@@H]1c2ccccc2N(C(=O)OC(C)(C)C)[C@@H]1C. The molecule has 3 nitrogen and oxygen atoms in total. The smallest absolute Gasteiger partial charge is 0.415 e. The monoisotopic (exact) mass is 247 g/mol. The Kier molecular flexibility index (Phi) is 3.09. The minimum absolute atomic E-state index is 0.136. The molecule has 0 aromatic heterocycles. The van der Waals surface area contributed by atoms with E-state index in [0.717, 1.165) is 5.69 Å². The zero-order valence-electron chi connectivity index (χ0n) is 11.7. The predicted molar refractivity (Wildman–Crippen MR) is 73.0 cm³/mol. The summed E-state index contributed by atoms with van der Waals surface area (Å²) in [4.78, 5) is 14.1. The molecule has 1 aromatic carbocycles. The van der Waals surface area contributed by atoms with Crippen LogP contribution >= 0.6 is 0 Å². The third-order valence-corrected chi connectivity index (χ3v) is 3.41. The van der Waals surface area contributed by atoms with Gasteiger partial charge in [-0.2, -0.15) is 0 Å². The largest absolute Gasteiger partial charge is 0.443 e. The number of benzene rings is 1. The highest BCUT2D eigenvalue weighted by molar-refractivity contribution is 5.91. The molecule has 3 heteroatoms. The van der Waals surface area contributed by atoms with E-state index < -0.39 is 5.60 Å². The highest BCUT2D eigenvalue weighted by Crippen LogP contribution is 2.40. The third kappa shape index (κ3) is 2.22. The maximum Gasteiger partial charge on any atom is 0.415 e. The molecule has 0 bridgehead atoms. The van der Waals surface area contributed by atoms with Crippen LogP contribution in [-0.2, 0) is 4.74 Å². The molecular weight excluding hydrogens is 226 g/mol. The fourth-order valence-electron chi connectivity index (χ4n) is 2.37. The minimum atomic E-state index is -0.461. The van der Waals surface area contributed by atoms with E-state index in [2.05, 4.69) is 19.9 Å². The number of hydrogen-bond acceptors (Lipinski definition) is 2. The van der Waals surface area contributed by atoms with Crippen LogP contribution in [0.4, 0.5) is 10.5 Å². The molecule has 0 radical (unpaired) electrons. The molecule has 1 aromatic rings. The molecule has 0 N–H and O–H groups in total. The van der Waals surface area contributed by atoms with Gasteiger partial charge in [-0.05, 0) is 39.3 Å². The van der Waals surface area contributed by atoms with E-state index in [-0.39, 0.29) is 12.1 Å². The summed E-state index contributed by atoms with van der Waals surface area (Å²) in [6, 6.07) is 8.18. The summed E-state index contributed by atoms with van der Waals surface area (Å²) in [6.45, 7) is 9.88. The van der Waals surface area contributed by atoms with Crippen molar-refractivity contribution in [1.82, 2.24) is 0 Å². The first-order chi connectivity index (χ1) is 8.31. The Labute approximate surface area is 109 Å². The fourth-order valence-corrected chi connectivity index (χ4v) is 2.37. The molecule has 1 aliphatic heterocycles. The van der Waals surface area contributed by atoms with Crippen molar-refractivity contribution in [2.75, 3.05) is 4.90 Å². The van der Waals surface area contributed by atoms with Crippen LogP contribution in [0.25, 0.3) is 0 Å². The molecule has 2 atom stereocenters. The summed E-state index contributed by atoms with van der Waals surface area (Å²) in [6.07, 6.45) is -0.258. The van der Waals surface area contributed by atoms with E-state index in [1.807, 2.05) is 39.0 Å². The van der Waals surface area contributed by atoms with Crippen molar-refractivity contribution in [3.8, 4) is 0 Å². The summed E-state index contributed by atoms with van der Waals surface area (Å²) >= 11 is 0. The average molecular weight is 247 g/mol. The maximum absolute atomic E-state index is 12.3. The van der Waals surface area contributed by atoms with Gasteiger partial charge in [0.2, 0.25) is 0 Å². The van der Waals surface area contributed by atoms with Gasteiger partial charge in [-0.3, -0.25) is 4.90 Å². The average Bonchev–Trinajstić information content (AvgIpc) is 2.50. The highest BCUT2D eigenvalue weighted by atomic mass is 16.6. The summed E-state index contributed by atoms with van der Waals surface area (Å²) in [5.41, 5.74) is 1.74. The van der Waals surface area contributed by atoms with Gasteiger partial charge in [0.05, 0.1) is 5.69 Å². The molecule has 18 heavy (non-hydrogen) atoms. The zero-order valence-corrected chi connectivity index (χ0v) is 11.7. The molecule has 0 saturated heterocycles. The van der Waals surface area contributed by atoms with E-state index in [0.29, 0.717) is 5.92 Å². The van der Waals surface area contributed by atoms with Crippen LogP contribution in [0.5, 0.6) is 0 Å². The fraction of sp³-hybridized carbons (Fsp3) is 0.533. The van der Waals surface area contributed by atoms with Crippen molar-refractivity contribution in [2.24, 2.45) is 0 Å². The molecule has 1 aliphatic rings. The normalized spacial score (nSPS) is 22.8. The van der Waals surface area contributed by atoms with Crippen molar-refractivity contribution in [1.29, 1.82) is 0 Å². The Morgan fingerprint density at radius 3 is 2.44 bits per heavy atom. The molecule has 0 aliphatic carbocycles. The number of anilines is 1. The number of fused-ring (bicyclic) bond motifs is 1. The summed E-state index contributed by atoms with van der Waals surface area (Å²) in [7, 11) is 0. The second-order valence-electron chi connectivity index (χ2n) is 5.94. The molecule has 0 spiro atoms. The van der Waals surface area contributed by atoms with Crippen molar-refractivity contribution in [3.05, 3.63) is 29.8 Å². The molecule has 1 amide bonds. The lowest BCUT2D eigenvalue weighted by atomic mass is 9.99. The van der Waals surface area contributed by atoms with E-state index in [1.165, 1.54) is 5.56 Å². The summed E-state index contributed by atoms with van der Waals surface area (Å²) in [5.74, 6) is 0.341. The van der Waals surface area contributed by atoms with Gasteiger partial charge in [0.15, 0.2) is 0 Å². The molecule has 2 rings (SSSR count). The zero-order chi connectivity index (χ0) is 13.5. The Morgan fingerprint density at radius 2 is 1.83 bits per heavy atom. The first-order valence-corrected chi connectivity index (χ1v) is 6.42. The van der Waals surface area contributed by atoms with Gasteiger partial charge in [-0.15, -0.1) is 0 Å². The van der Waals surface area contributed by atoms with Crippen LogP contribution in [0.3, 0.4) is 0 Å². The molecule has 98 valence electrons. The molecule has 0 saturated carbocycles. The highest BCUT2D eigenvalue weighted by Gasteiger charge is 2.38. The first-order valence-electron chi connectivity index (χ1n) is 6.42. The first kappa shape index (κ1) is 12.9. The van der Waals surface area contributed by atoms with Crippen molar-refractivity contribution in [3.63, 3.8) is 0 Å². The van der Waals surface area contributed by atoms with E-state index in [1.54, 1.807) is 4.90 Å². The van der Waals surface area contributed by atoms with Gasteiger partial charge in [0.25, 0.3) is 0 Å². The lowest BCUT2D eigenvalue weighted by Crippen LogP contribution is -2.40. The van der Waals surface area contributed by atoms with Crippen molar-refractivity contribution < 1.29 is 9.53 Å². The van der Waals surface area contributed by atoms with E-state index in [9.17, 15) is 4.79 Å². The van der Waals surface area contributed by atoms with E-state index >= 15 is 0 Å². The van der Waals surface area contributed by atoms with Crippen LogP contribution in [0.15, 0.2) is 24.3 Å². The summed E-state index contributed by atoms with van der Waals surface area (Å²) < 4.78 is 5.48. The van der Waals surface area contributed by atoms with Crippen molar-refractivity contribution in [2.45, 2.75) is 52.2 Å². The Bertz CT molecular complexity index is 462. The number of carbonyl (C=O) groups excluding carboxylic acids is 1. The van der Waals surface area contributed by atoms with Gasteiger partial charge in [-0.1, -0.05) is 25.1 Å². The van der Waals surface area contributed by atoms with Gasteiger partial charge in [0.1, 0.15) is 5.60 Å². The molecule has 1 heterocycles. The quantitative estimate of drug-likeness (QED) is 0.695. The van der Waals surface area contributed by atoms with Crippen LogP contribution in [-0.4, -0.2) is 17.7 Å². The maximum atomic E-state index is 12.3. The Morgan fingerprint density at radius 1 is 1.22 bits per heavy atom. The molecular formula is C15H21NO2. The predicted octanol–water partition coefficient (Wildman–Crippen LogP) is 3.93. The van der Waals surface area contributed by atoms with Gasteiger partial charge in [0, 0.05) is 12.0 Å². The number of carbonyl (C=O) groups is 1. The number of amides is 1. The second kappa shape index (κ2) is 4.30. The van der Waals surface area contributed by atoms with Crippen LogP contribution in [0.1, 0.15) is 46.1 Å². The Balaban J connectivity index is 2.32. The number of rotatable bonds is 0. The minimum Gasteiger partial charge on any atom is -0.443 e. The molecule has 0 fully saturated rings. The van der Waals surface area contributed by atoms with Crippen molar-refractivity contribution >= 4 is 11.8 Å². The lowest BCUT2D eigenvalue weighted by molar-refractivity contribution is 0.0570. The number of para-hydroxylation sites is 1. The summed E-state index contributed by atoms with van der Waals surface area (Å²) in [5, 5.41) is 0. The molecule has 0 unspecified atom stereocenters. The van der Waals surface area contributed by atoms with Gasteiger partial charge in [-0.25, -0.2) is 4.79 Å². The van der Waals surface area contributed by atoms with Crippen LogP contribution < -0.4 is 4.90 Å². The third-order valence-electron chi connectivity index (χ3n) is 3.41. The number of ether oxygens (including phenoxy) is 1. The number of hydrogen-bond donors (Lipinski definition) is 0. The lowest BCUT2D eigenvalue weighted by Gasteiger charge is -2.28. The second-order valence-corrected chi connectivity index (χ2v) is 5.94.